The molecule has 5 rings (SSSR count). The van der Waals surface area contributed by atoms with E-state index in [1.807, 2.05) is 30.3 Å². The number of nitrogens with zero attached hydrogens (tertiary/aromatic N) is 6. The van der Waals surface area contributed by atoms with Crippen molar-refractivity contribution in [2.75, 3.05) is 50.8 Å². The molecule has 32 heavy (non-hydrogen) atoms. The Hall–Kier alpha value is -2.74. The van der Waals surface area contributed by atoms with E-state index in [0.29, 0.717) is 18.1 Å². The molecule has 1 unspecified atom stereocenters. The molecule has 0 aromatic carbocycles. The molecule has 0 N–H and O–H groups in total. The number of pyridine rings is 1. The van der Waals surface area contributed by atoms with Crippen LogP contribution in [0.4, 0.5) is 10.6 Å². The molecule has 1 atom stereocenters. The van der Waals surface area contributed by atoms with E-state index in [2.05, 4.69) is 26.7 Å². The molecule has 3 aliphatic rings. The SMILES string of the molecule is CCOC(=O)N1CC2(CCC(N3CCN(c4nccc(C)c4-c4cnccn4)CC3)C2)C1. The highest BCUT2D eigenvalue weighted by atomic mass is 16.6. The van der Waals surface area contributed by atoms with Gasteiger partial charge in [0.15, 0.2) is 0 Å². The van der Waals surface area contributed by atoms with Gasteiger partial charge in [0.25, 0.3) is 0 Å². The molecule has 1 saturated carbocycles. The Kier molecular flexibility index (Phi) is 5.71. The van der Waals surface area contributed by atoms with Crippen LogP contribution in [0.25, 0.3) is 11.3 Å². The molecule has 8 nitrogen and oxygen atoms in total. The van der Waals surface area contributed by atoms with Crippen molar-refractivity contribution in [2.45, 2.75) is 39.2 Å². The second kappa shape index (κ2) is 8.65. The van der Waals surface area contributed by atoms with Crippen molar-refractivity contribution < 1.29 is 9.53 Å². The standard InChI is InChI=1S/C24H32N6O2/c1-3-32-23(31)30-16-24(17-30)6-4-19(14-24)28-10-12-29(13-11-28)22-21(18(2)5-7-27-22)20-15-25-8-9-26-20/h5,7-9,15,19H,3-4,6,10-14,16-17H2,1-2H3. The minimum atomic E-state index is -0.153. The summed E-state index contributed by atoms with van der Waals surface area (Å²) in [6.45, 7) is 10.1. The second-order valence-electron chi connectivity index (χ2n) is 9.39. The van der Waals surface area contributed by atoms with Gasteiger partial charge in [0.2, 0.25) is 0 Å². The Bertz CT molecular complexity index is 954. The van der Waals surface area contributed by atoms with Gasteiger partial charge in [0, 0.05) is 74.9 Å². The van der Waals surface area contributed by atoms with Crippen molar-refractivity contribution in [3.8, 4) is 11.3 Å². The van der Waals surface area contributed by atoms with Crippen molar-refractivity contribution in [3.63, 3.8) is 0 Å². The van der Waals surface area contributed by atoms with Gasteiger partial charge in [0.1, 0.15) is 5.82 Å². The first kappa shape index (κ1) is 21.1. The van der Waals surface area contributed by atoms with Gasteiger partial charge in [-0.05, 0) is 44.7 Å². The van der Waals surface area contributed by atoms with Crippen LogP contribution in [0.1, 0.15) is 31.7 Å². The van der Waals surface area contributed by atoms with Crippen LogP contribution < -0.4 is 4.90 Å². The molecule has 4 heterocycles. The maximum Gasteiger partial charge on any atom is 0.409 e. The largest absolute Gasteiger partial charge is 0.450 e. The minimum Gasteiger partial charge on any atom is -0.450 e. The van der Waals surface area contributed by atoms with E-state index in [-0.39, 0.29) is 6.09 Å². The summed E-state index contributed by atoms with van der Waals surface area (Å²) in [5.41, 5.74) is 3.45. The topological polar surface area (TPSA) is 74.7 Å². The zero-order valence-corrected chi connectivity index (χ0v) is 19.0. The first-order chi connectivity index (χ1) is 15.6. The average Bonchev–Trinajstić information content (AvgIpc) is 3.25. The van der Waals surface area contributed by atoms with E-state index in [0.717, 1.165) is 56.3 Å². The molecule has 1 amide bonds. The van der Waals surface area contributed by atoms with Gasteiger partial charge in [-0.3, -0.25) is 14.9 Å². The molecule has 2 aromatic heterocycles. The van der Waals surface area contributed by atoms with Gasteiger partial charge in [-0.2, -0.15) is 0 Å². The van der Waals surface area contributed by atoms with Crippen LogP contribution in [0.15, 0.2) is 30.9 Å². The van der Waals surface area contributed by atoms with Gasteiger partial charge < -0.3 is 14.5 Å². The van der Waals surface area contributed by atoms with Crippen LogP contribution in [0.3, 0.4) is 0 Å². The number of hydrogen-bond acceptors (Lipinski definition) is 7. The number of aromatic nitrogens is 3. The lowest BCUT2D eigenvalue weighted by Crippen LogP contribution is -2.58. The summed E-state index contributed by atoms with van der Waals surface area (Å²) in [5, 5.41) is 0. The molecule has 0 radical (unpaired) electrons. The lowest BCUT2D eigenvalue weighted by molar-refractivity contribution is -0.00294. The third kappa shape index (κ3) is 3.92. The van der Waals surface area contributed by atoms with E-state index in [1.165, 1.54) is 24.8 Å². The number of likely N-dealkylation sites (tertiary alicyclic amines) is 1. The van der Waals surface area contributed by atoms with Crippen LogP contribution in [-0.2, 0) is 4.74 Å². The maximum absolute atomic E-state index is 11.9. The van der Waals surface area contributed by atoms with Crippen LogP contribution in [-0.4, -0.2) is 82.8 Å². The molecule has 1 spiro atoms. The molecule has 8 heteroatoms. The Morgan fingerprint density at radius 2 is 1.97 bits per heavy atom. The van der Waals surface area contributed by atoms with Gasteiger partial charge in [-0.15, -0.1) is 0 Å². The fourth-order valence-corrected chi connectivity index (χ4v) is 5.71. The minimum absolute atomic E-state index is 0.153. The van der Waals surface area contributed by atoms with Gasteiger partial charge in [-0.25, -0.2) is 9.78 Å². The highest BCUT2D eigenvalue weighted by molar-refractivity contribution is 5.76. The fraction of sp³-hybridized carbons (Fsp3) is 0.583. The molecule has 2 aliphatic heterocycles. The Balaban J connectivity index is 1.20. The molecule has 170 valence electrons. The summed E-state index contributed by atoms with van der Waals surface area (Å²) >= 11 is 0. The molecule has 1 aliphatic carbocycles. The van der Waals surface area contributed by atoms with Crippen molar-refractivity contribution in [2.24, 2.45) is 5.41 Å². The molecule has 2 aromatic rings. The summed E-state index contributed by atoms with van der Waals surface area (Å²) in [6, 6.07) is 2.66. The third-order valence-electron chi connectivity index (χ3n) is 7.34. The Labute approximate surface area is 189 Å². The van der Waals surface area contributed by atoms with Crippen molar-refractivity contribution >= 4 is 11.9 Å². The smallest absolute Gasteiger partial charge is 0.409 e. The lowest BCUT2D eigenvalue weighted by Gasteiger charge is -2.48. The molecule has 3 fully saturated rings. The van der Waals surface area contributed by atoms with Gasteiger partial charge >= 0.3 is 6.09 Å². The summed E-state index contributed by atoms with van der Waals surface area (Å²) < 4.78 is 5.15. The zero-order valence-electron chi connectivity index (χ0n) is 19.0. The van der Waals surface area contributed by atoms with Gasteiger partial charge in [-0.1, -0.05) is 0 Å². The first-order valence-corrected chi connectivity index (χ1v) is 11.7. The number of anilines is 1. The van der Waals surface area contributed by atoms with E-state index in [9.17, 15) is 4.79 Å². The van der Waals surface area contributed by atoms with Crippen molar-refractivity contribution in [1.82, 2.24) is 24.8 Å². The summed E-state index contributed by atoms with van der Waals surface area (Å²) in [7, 11) is 0. The summed E-state index contributed by atoms with van der Waals surface area (Å²) in [4.78, 5) is 32.4. The van der Waals surface area contributed by atoms with Crippen LogP contribution in [0, 0.1) is 12.3 Å². The van der Waals surface area contributed by atoms with E-state index < -0.39 is 0 Å². The number of carbonyl (C=O) groups is 1. The number of carbonyl (C=O) groups excluding carboxylic acids is 1. The van der Waals surface area contributed by atoms with Gasteiger partial charge in [0.05, 0.1) is 18.5 Å². The lowest BCUT2D eigenvalue weighted by atomic mass is 9.78. The molecule has 0 bridgehead atoms. The number of amides is 1. The Morgan fingerprint density at radius 3 is 2.69 bits per heavy atom. The maximum atomic E-state index is 11.9. The fourth-order valence-electron chi connectivity index (χ4n) is 5.71. The normalized spacial score (nSPS) is 22.8. The third-order valence-corrected chi connectivity index (χ3v) is 7.34. The second-order valence-corrected chi connectivity index (χ2v) is 9.39. The number of aryl methyl sites for hydroxylation is 1. The van der Waals surface area contributed by atoms with E-state index in [4.69, 9.17) is 9.72 Å². The van der Waals surface area contributed by atoms with Crippen LogP contribution in [0.5, 0.6) is 0 Å². The van der Waals surface area contributed by atoms with Crippen LogP contribution >= 0.6 is 0 Å². The monoisotopic (exact) mass is 436 g/mol. The molecule has 2 saturated heterocycles. The number of rotatable bonds is 4. The number of piperazine rings is 1. The quantitative estimate of drug-likeness (QED) is 0.729. The predicted octanol–water partition coefficient (Wildman–Crippen LogP) is 2.98. The predicted molar refractivity (Wildman–Crippen MR) is 122 cm³/mol. The summed E-state index contributed by atoms with van der Waals surface area (Å²) in [6.07, 6.45) is 10.6. The average molecular weight is 437 g/mol. The first-order valence-electron chi connectivity index (χ1n) is 11.7. The highest BCUT2D eigenvalue weighted by Crippen LogP contribution is 2.47. The zero-order chi connectivity index (χ0) is 22.1. The van der Waals surface area contributed by atoms with E-state index >= 15 is 0 Å². The van der Waals surface area contributed by atoms with Crippen LogP contribution in [0.2, 0.25) is 0 Å². The van der Waals surface area contributed by atoms with E-state index in [1.54, 1.807) is 12.4 Å². The number of ether oxygens (including phenoxy) is 1. The molecular weight excluding hydrogens is 404 g/mol. The van der Waals surface area contributed by atoms with Crippen molar-refractivity contribution in [1.29, 1.82) is 0 Å². The summed E-state index contributed by atoms with van der Waals surface area (Å²) in [5.74, 6) is 1.01. The van der Waals surface area contributed by atoms with Crippen molar-refractivity contribution in [3.05, 3.63) is 36.4 Å². The Morgan fingerprint density at radius 1 is 1.16 bits per heavy atom. The number of hydrogen-bond donors (Lipinski definition) is 0. The highest BCUT2D eigenvalue weighted by Gasteiger charge is 2.51. The molecular formula is C24H32N6O2.